The second-order valence-electron chi connectivity index (χ2n) is 5.78. The van der Waals surface area contributed by atoms with Gasteiger partial charge in [-0.05, 0) is 18.9 Å². The molecule has 0 saturated carbocycles. The summed E-state index contributed by atoms with van der Waals surface area (Å²) in [7, 11) is 0. The summed E-state index contributed by atoms with van der Waals surface area (Å²) in [6.45, 7) is 0.0983. The molecule has 0 saturated heterocycles. The van der Waals surface area contributed by atoms with Crippen LogP contribution in [-0.2, 0) is 12.2 Å². The van der Waals surface area contributed by atoms with E-state index < -0.39 is 0 Å². The first-order valence-electron chi connectivity index (χ1n) is 8.37. The largest absolute Gasteiger partial charge is 0.396 e. The van der Waals surface area contributed by atoms with E-state index in [1.165, 1.54) is 23.1 Å². The van der Waals surface area contributed by atoms with E-state index in [1.807, 2.05) is 17.5 Å². The molecule has 0 radical (unpaired) electrons. The molecule has 7 nitrogen and oxygen atoms in total. The SMILES string of the molecule is N#Cc1c(N)nc(SCc2cscn2)c(C#N)c1-c1ccc(CCCO)nc1. The Labute approximate surface area is 170 Å². The Kier molecular flexibility index (Phi) is 6.56. The number of aromatic nitrogens is 3. The Hall–Kier alpha value is -2.98. The van der Waals surface area contributed by atoms with Crippen LogP contribution in [0.15, 0.2) is 34.2 Å². The molecule has 0 bridgehead atoms. The number of aryl methyl sites for hydroxylation is 1. The minimum absolute atomic E-state index is 0.0848. The van der Waals surface area contributed by atoms with Crippen LogP contribution in [0.5, 0.6) is 0 Å². The number of hydrogen-bond donors (Lipinski definition) is 2. The normalized spacial score (nSPS) is 10.4. The van der Waals surface area contributed by atoms with Crippen molar-refractivity contribution in [2.75, 3.05) is 12.3 Å². The summed E-state index contributed by atoms with van der Waals surface area (Å²) >= 11 is 2.86. The number of aliphatic hydroxyl groups excluding tert-OH is 1. The van der Waals surface area contributed by atoms with Gasteiger partial charge in [-0.3, -0.25) is 4.98 Å². The zero-order valence-corrected chi connectivity index (χ0v) is 16.4. The van der Waals surface area contributed by atoms with Crippen molar-refractivity contribution in [1.82, 2.24) is 15.0 Å². The summed E-state index contributed by atoms with van der Waals surface area (Å²) in [4.78, 5) is 12.9. The quantitative estimate of drug-likeness (QED) is 0.570. The van der Waals surface area contributed by atoms with E-state index in [9.17, 15) is 10.5 Å². The summed E-state index contributed by atoms with van der Waals surface area (Å²) in [5, 5.41) is 30.7. The molecule has 0 atom stereocenters. The first kappa shape index (κ1) is 19.8. The van der Waals surface area contributed by atoms with Crippen LogP contribution in [0.2, 0.25) is 0 Å². The van der Waals surface area contributed by atoms with Crippen molar-refractivity contribution in [3.05, 3.63) is 51.7 Å². The number of pyridine rings is 2. The predicted molar refractivity (Wildman–Crippen MR) is 108 cm³/mol. The third kappa shape index (κ3) is 4.29. The molecule has 0 aromatic carbocycles. The molecule has 0 amide bonds. The van der Waals surface area contributed by atoms with Crippen LogP contribution in [0.4, 0.5) is 5.82 Å². The summed E-state index contributed by atoms with van der Waals surface area (Å²) in [6.07, 6.45) is 2.90. The predicted octanol–water partition coefficient (Wildman–Crippen LogP) is 3.14. The second kappa shape index (κ2) is 9.29. The Balaban J connectivity index is 2.03. The minimum Gasteiger partial charge on any atom is -0.396 e. The fourth-order valence-electron chi connectivity index (χ4n) is 2.62. The van der Waals surface area contributed by atoms with E-state index in [0.717, 1.165) is 11.4 Å². The minimum atomic E-state index is 0.0848. The molecule has 0 spiro atoms. The lowest BCUT2D eigenvalue weighted by Crippen LogP contribution is -2.04. The molecule has 28 heavy (non-hydrogen) atoms. The van der Waals surface area contributed by atoms with Crippen LogP contribution >= 0.6 is 23.1 Å². The number of hydrogen-bond acceptors (Lipinski definition) is 9. The van der Waals surface area contributed by atoms with Crippen molar-refractivity contribution in [3.8, 4) is 23.3 Å². The highest BCUT2D eigenvalue weighted by molar-refractivity contribution is 7.98. The first-order chi connectivity index (χ1) is 13.7. The molecule has 3 rings (SSSR count). The van der Waals surface area contributed by atoms with E-state index in [0.29, 0.717) is 40.3 Å². The van der Waals surface area contributed by atoms with Crippen molar-refractivity contribution < 1.29 is 5.11 Å². The van der Waals surface area contributed by atoms with Crippen LogP contribution in [0.25, 0.3) is 11.1 Å². The molecule has 0 aliphatic rings. The van der Waals surface area contributed by atoms with Crippen molar-refractivity contribution in [3.63, 3.8) is 0 Å². The number of thioether (sulfide) groups is 1. The monoisotopic (exact) mass is 408 g/mol. The van der Waals surface area contributed by atoms with Gasteiger partial charge in [0.25, 0.3) is 0 Å². The molecular formula is C19H16N6OS2. The van der Waals surface area contributed by atoms with Crippen LogP contribution in [0, 0.1) is 22.7 Å². The number of rotatable bonds is 7. The topological polar surface area (TPSA) is 132 Å². The molecule has 0 unspecified atom stereocenters. The van der Waals surface area contributed by atoms with Crippen molar-refractivity contribution in [2.24, 2.45) is 0 Å². The number of nitrogens with two attached hydrogens (primary N) is 1. The highest BCUT2D eigenvalue weighted by Crippen LogP contribution is 2.36. The van der Waals surface area contributed by atoms with Gasteiger partial charge in [-0.15, -0.1) is 11.3 Å². The van der Waals surface area contributed by atoms with Gasteiger partial charge in [0.1, 0.15) is 28.5 Å². The Morgan fingerprint density at radius 2 is 1.96 bits per heavy atom. The highest BCUT2D eigenvalue weighted by atomic mass is 32.2. The molecule has 9 heteroatoms. The lowest BCUT2D eigenvalue weighted by atomic mass is 9.98. The van der Waals surface area contributed by atoms with Crippen LogP contribution < -0.4 is 5.73 Å². The van der Waals surface area contributed by atoms with Crippen molar-refractivity contribution in [2.45, 2.75) is 23.6 Å². The average Bonchev–Trinajstić information content (AvgIpc) is 3.24. The van der Waals surface area contributed by atoms with Gasteiger partial charge in [0, 0.05) is 40.8 Å². The molecule has 0 aliphatic heterocycles. The molecule has 0 fully saturated rings. The van der Waals surface area contributed by atoms with E-state index in [4.69, 9.17) is 10.8 Å². The summed E-state index contributed by atoms with van der Waals surface area (Å²) in [5.41, 5.74) is 11.0. The Morgan fingerprint density at radius 3 is 2.57 bits per heavy atom. The molecule has 3 aromatic rings. The van der Waals surface area contributed by atoms with Gasteiger partial charge in [0.05, 0.1) is 16.8 Å². The summed E-state index contributed by atoms with van der Waals surface area (Å²) in [6, 6.07) is 7.87. The third-order valence-electron chi connectivity index (χ3n) is 3.96. The van der Waals surface area contributed by atoms with E-state index >= 15 is 0 Å². The lowest BCUT2D eigenvalue weighted by Gasteiger charge is -2.13. The fourth-order valence-corrected chi connectivity index (χ4v) is 4.18. The van der Waals surface area contributed by atoms with Gasteiger partial charge < -0.3 is 10.8 Å². The van der Waals surface area contributed by atoms with Crippen LogP contribution in [0.3, 0.4) is 0 Å². The molecule has 140 valence electrons. The summed E-state index contributed by atoms with van der Waals surface area (Å²) in [5.74, 6) is 0.635. The molecule has 3 aromatic heterocycles. The molecular weight excluding hydrogens is 392 g/mol. The maximum absolute atomic E-state index is 9.78. The van der Waals surface area contributed by atoms with Crippen LogP contribution in [0.1, 0.15) is 28.9 Å². The first-order valence-corrected chi connectivity index (χ1v) is 10.3. The van der Waals surface area contributed by atoms with Gasteiger partial charge in [0.15, 0.2) is 0 Å². The van der Waals surface area contributed by atoms with Crippen LogP contribution in [-0.4, -0.2) is 26.7 Å². The average molecular weight is 409 g/mol. The van der Waals surface area contributed by atoms with Gasteiger partial charge in [-0.25, -0.2) is 9.97 Å². The summed E-state index contributed by atoms with van der Waals surface area (Å²) < 4.78 is 0. The van der Waals surface area contributed by atoms with E-state index in [1.54, 1.807) is 11.7 Å². The molecule has 3 heterocycles. The zero-order chi connectivity index (χ0) is 19.9. The number of nitrogens with zero attached hydrogens (tertiary/aromatic N) is 5. The maximum atomic E-state index is 9.78. The number of nitriles is 2. The van der Waals surface area contributed by atoms with Gasteiger partial charge >= 0.3 is 0 Å². The van der Waals surface area contributed by atoms with Gasteiger partial charge in [-0.2, -0.15) is 10.5 Å². The Bertz CT molecular complexity index is 1040. The lowest BCUT2D eigenvalue weighted by molar-refractivity contribution is 0.288. The highest BCUT2D eigenvalue weighted by Gasteiger charge is 2.21. The number of aliphatic hydroxyl groups is 1. The molecule has 0 aliphatic carbocycles. The van der Waals surface area contributed by atoms with E-state index in [-0.39, 0.29) is 18.0 Å². The zero-order valence-electron chi connectivity index (χ0n) is 14.8. The maximum Gasteiger partial charge on any atom is 0.143 e. The number of anilines is 1. The molecule has 3 N–H and O–H groups in total. The number of nitrogen functional groups attached to an aromatic ring is 1. The second-order valence-corrected chi connectivity index (χ2v) is 7.47. The van der Waals surface area contributed by atoms with E-state index in [2.05, 4.69) is 27.1 Å². The number of thiazole rings is 1. The van der Waals surface area contributed by atoms with Gasteiger partial charge in [-0.1, -0.05) is 17.8 Å². The van der Waals surface area contributed by atoms with Crippen molar-refractivity contribution in [1.29, 1.82) is 10.5 Å². The fraction of sp³-hybridized carbons (Fsp3) is 0.211. The van der Waals surface area contributed by atoms with Gasteiger partial charge in [0.2, 0.25) is 0 Å². The smallest absolute Gasteiger partial charge is 0.143 e. The third-order valence-corrected chi connectivity index (χ3v) is 5.60. The standard InChI is InChI=1S/C19H16N6OS2/c20-6-15-17(12-3-4-13(23-8-12)2-1-5-26)16(7-21)19(25-18(15)22)28-10-14-9-27-11-24-14/h3-4,8-9,11,26H,1-2,5,10H2,(H2,22,25). The van der Waals surface area contributed by atoms with Crippen molar-refractivity contribution >= 4 is 28.9 Å². The Morgan fingerprint density at radius 1 is 1.14 bits per heavy atom.